The summed E-state index contributed by atoms with van der Waals surface area (Å²) in [6.45, 7) is 2.44. The van der Waals surface area contributed by atoms with Crippen molar-refractivity contribution in [3.63, 3.8) is 0 Å². The van der Waals surface area contributed by atoms with Gasteiger partial charge in [-0.05, 0) is 49.8 Å². The number of nitrogens with one attached hydrogen (secondary N) is 1. The highest BCUT2D eigenvalue weighted by molar-refractivity contribution is 5.94. The first-order chi connectivity index (χ1) is 9.69. The Morgan fingerprint density at radius 2 is 2.20 bits per heavy atom. The van der Waals surface area contributed by atoms with Gasteiger partial charge in [0.25, 0.3) is 5.91 Å². The van der Waals surface area contributed by atoms with Gasteiger partial charge in [-0.3, -0.25) is 4.79 Å². The molecular weight excluding hydrogens is 254 g/mol. The predicted octanol–water partition coefficient (Wildman–Crippen LogP) is 2.37. The number of benzene rings is 1. The predicted molar refractivity (Wildman–Crippen MR) is 77.9 cm³/mol. The maximum atomic E-state index is 12.0. The van der Waals surface area contributed by atoms with Gasteiger partial charge in [0.15, 0.2) is 0 Å². The molecule has 1 amide bonds. The van der Waals surface area contributed by atoms with E-state index in [1.54, 1.807) is 12.1 Å². The van der Waals surface area contributed by atoms with E-state index in [2.05, 4.69) is 5.32 Å². The van der Waals surface area contributed by atoms with Crippen molar-refractivity contribution in [2.24, 2.45) is 5.92 Å². The Bertz CT molecular complexity index is 441. The van der Waals surface area contributed by atoms with E-state index < -0.39 is 0 Å². The zero-order valence-corrected chi connectivity index (χ0v) is 12.0. The van der Waals surface area contributed by atoms with Crippen LogP contribution in [0.2, 0.25) is 0 Å². The summed E-state index contributed by atoms with van der Waals surface area (Å²) in [5, 5.41) is 11.8. The third-order valence-electron chi connectivity index (χ3n) is 3.62. The van der Waals surface area contributed by atoms with Crippen molar-refractivity contribution < 1.29 is 14.6 Å². The van der Waals surface area contributed by atoms with Crippen molar-refractivity contribution in [1.82, 2.24) is 5.32 Å². The van der Waals surface area contributed by atoms with Gasteiger partial charge >= 0.3 is 0 Å². The standard InChI is InChI=1S/C16H23NO3/c1-12(11-18)10-17-16(19)13-5-4-8-15(9-13)20-14-6-2-3-7-14/h4-5,8-9,12,14,18H,2-3,6-7,10-11H2,1H3,(H,17,19). The summed E-state index contributed by atoms with van der Waals surface area (Å²) in [5.41, 5.74) is 0.602. The van der Waals surface area contributed by atoms with Crippen LogP contribution in [-0.2, 0) is 0 Å². The number of aliphatic hydroxyl groups is 1. The average molecular weight is 277 g/mol. The van der Waals surface area contributed by atoms with Gasteiger partial charge in [-0.15, -0.1) is 0 Å². The first kappa shape index (κ1) is 14.9. The number of ether oxygens (including phenoxy) is 1. The minimum absolute atomic E-state index is 0.0665. The normalized spacial score (nSPS) is 16.9. The molecule has 2 N–H and O–H groups in total. The monoisotopic (exact) mass is 277 g/mol. The highest BCUT2D eigenvalue weighted by Gasteiger charge is 2.17. The molecule has 1 aromatic carbocycles. The van der Waals surface area contributed by atoms with Gasteiger partial charge in [-0.2, -0.15) is 0 Å². The summed E-state index contributed by atoms with van der Waals surface area (Å²) in [6.07, 6.45) is 4.95. The molecule has 0 aromatic heterocycles. The van der Waals surface area contributed by atoms with Crippen LogP contribution in [0.4, 0.5) is 0 Å². The fourth-order valence-corrected chi connectivity index (χ4v) is 2.34. The Balaban J connectivity index is 1.92. The lowest BCUT2D eigenvalue weighted by Crippen LogP contribution is -2.29. The molecule has 20 heavy (non-hydrogen) atoms. The Hall–Kier alpha value is -1.55. The van der Waals surface area contributed by atoms with Crippen LogP contribution >= 0.6 is 0 Å². The Morgan fingerprint density at radius 3 is 2.90 bits per heavy atom. The molecule has 0 bridgehead atoms. The minimum atomic E-state index is -0.123. The molecule has 110 valence electrons. The Kier molecular flexibility index (Phi) is 5.41. The second kappa shape index (κ2) is 7.29. The van der Waals surface area contributed by atoms with Crippen molar-refractivity contribution in [3.8, 4) is 5.75 Å². The lowest BCUT2D eigenvalue weighted by atomic mass is 10.1. The number of carbonyl (C=O) groups is 1. The number of carbonyl (C=O) groups excluding carboxylic acids is 1. The fraction of sp³-hybridized carbons (Fsp3) is 0.562. The quantitative estimate of drug-likeness (QED) is 0.839. The van der Waals surface area contributed by atoms with Gasteiger partial charge < -0.3 is 15.2 Å². The second-order valence-electron chi connectivity index (χ2n) is 5.55. The fourth-order valence-electron chi connectivity index (χ4n) is 2.34. The van der Waals surface area contributed by atoms with Crippen LogP contribution in [0.5, 0.6) is 5.75 Å². The Labute approximate surface area is 120 Å². The molecule has 0 aliphatic heterocycles. The molecule has 2 rings (SSSR count). The van der Waals surface area contributed by atoms with Crippen LogP contribution in [0, 0.1) is 5.92 Å². The van der Waals surface area contributed by atoms with Gasteiger partial charge in [-0.1, -0.05) is 13.0 Å². The van der Waals surface area contributed by atoms with Gasteiger partial charge in [0.05, 0.1) is 6.10 Å². The maximum absolute atomic E-state index is 12.0. The lowest BCUT2D eigenvalue weighted by molar-refractivity contribution is 0.0941. The molecule has 0 radical (unpaired) electrons. The number of hydrogen-bond acceptors (Lipinski definition) is 3. The van der Waals surface area contributed by atoms with Crippen molar-refractivity contribution >= 4 is 5.91 Å². The highest BCUT2D eigenvalue weighted by atomic mass is 16.5. The lowest BCUT2D eigenvalue weighted by Gasteiger charge is -2.14. The van der Waals surface area contributed by atoms with Gasteiger partial charge in [0.1, 0.15) is 5.75 Å². The smallest absolute Gasteiger partial charge is 0.251 e. The van der Waals surface area contributed by atoms with Crippen LogP contribution < -0.4 is 10.1 Å². The molecule has 1 unspecified atom stereocenters. The van der Waals surface area contributed by atoms with Crippen LogP contribution in [-0.4, -0.2) is 30.3 Å². The maximum Gasteiger partial charge on any atom is 0.251 e. The van der Waals surface area contributed by atoms with E-state index in [1.807, 2.05) is 19.1 Å². The number of rotatable bonds is 6. The summed E-state index contributed by atoms with van der Waals surface area (Å²) in [6, 6.07) is 7.30. The molecule has 0 spiro atoms. The largest absolute Gasteiger partial charge is 0.490 e. The van der Waals surface area contributed by atoms with Gasteiger partial charge in [0, 0.05) is 18.7 Å². The molecule has 1 atom stereocenters. The zero-order chi connectivity index (χ0) is 14.4. The Morgan fingerprint density at radius 1 is 1.45 bits per heavy atom. The first-order valence-corrected chi connectivity index (χ1v) is 7.35. The summed E-state index contributed by atoms with van der Waals surface area (Å²) in [7, 11) is 0. The summed E-state index contributed by atoms with van der Waals surface area (Å²) in [5.74, 6) is 0.707. The molecular formula is C16H23NO3. The van der Waals surface area contributed by atoms with E-state index >= 15 is 0 Å². The summed E-state index contributed by atoms with van der Waals surface area (Å²) in [4.78, 5) is 12.0. The van der Waals surface area contributed by atoms with Crippen molar-refractivity contribution in [2.45, 2.75) is 38.7 Å². The second-order valence-corrected chi connectivity index (χ2v) is 5.55. The average Bonchev–Trinajstić information content (AvgIpc) is 2.97. The zero-order valence-electron chi connectivity index (χ0n) is 12.0. The van der Waals surface area contributed by atoms with Crippen molar-refractivity contribution in [3.05, 3.63) is 29.8 Å². The molecule has 4 nitrogen and oxygen atoms in total. The third kappa shape index (κ3) is 4.23. The first-order valence-electron chi connectivity index (χ1n) is 7.35. The molecule has 1 aromatic rings. The molecule has 0 saturated heterocycles. The van der Waals surface area contributed by atoms with E-state index in [-0.39, 0.29) is 18.4 Å². The summed E-state index contributed by atoms with van der Waals surface area (Å²) >= 11 is 0. The number of aliphatic hydroxyl groups excluding tert-OH is 1. The molecule has 4 heteroatoms. The minimum Gasteiger partial charge on any atom is -0.490 e. The molecule has 1 fully saturated rings. The topological polar surface area (TPSA) is 58.6 Å². The molecule has 1 aliphatic carbocycles. The van der Waals surface area contributed by atoms with E-state index in [1.165, 1.54) is 12.8 Å². The van der Waals surface area contributed by atoms with Crippen LogP contribution in [0.25, 0.3) is 0 Å². The van der Waals surface area contributed by atoms with Gasteiger partial charge in [0.2, 0.25) is 0 Å². The molecule has 1 aliphatic rings. The SMILES string of the molecule is CC(CO)CNC(=O)c1cccc(OC2CCCC2)c1. The molecule has 1 saturated carbocycles. The van der Waals surface area contributed by atoms with Gasteiger partial charge in [-0.25, -0.2) is 0 Å². The van der Waals surface area contributed by atoms with Crippen LogP contribution in [0.15, 0.2) is 24.3 Å². The molecule has 0 heterocycles. The van der Waals surface area contributed by atoms with E-state index in [0.717, 1.165) is 18.6 Å². The van der Waals surface area contributed by atoms with E-state index in [4.69, 9.17) is 9.84 Å². The van der Waals surface area contributed by atoms with E-state index in [0.29, 0.717) is 18.2 Å². The highest BCUT2D eigenvalue weighted by Crippen LogP contribution is 2.24. The number of amides is 1. The summed E-state index contributed by atoms with van der Waals surface area (Å²) < 4.78 is 5.89. The van der Waals surface area contributed by atoms with E-state index in [9.17, 15) is 4.79 Å². The number of hydrogen-bond donors (Lipinski definition) is 2. The van der Waals surface area contributed by atoms with Crippen molar-refractivity contribution in [1.29, 1.82) is 0 Å². The third-order valence-corrected chi connectivity index (χ3v) is 3.62. The van der Waals surface area contributed by atoms with Crippen molar-refractivity contribution in [2.75, 3.05) is 13.2 Å². The van der Waals surface area contributed by atoms with Crippen LogP contribution in [0.1, 0.15) is 43.0 Å². The van der Waals surface area contributed by atoms with Crippen LogP contribution in [0.3, 0.4) is 0 Å².